The third-order valence-corrected chi connectivity index (χ3v) is 7.98. The Morgan fingerprint density at radius 2 is 1.89 bits per heavy atom. The van der Waals surface area contributed by atoms with Crippen LogP contribution in [-0.4, -0.2) is 72.8 Å². The van der Waals surface area contributed by atoms with Crippen molar-refractivity contribution in [3.8, 4) is 10.6 Å². The van der Waals surface area contributed by atoms with E-state index in [4.69, 9.17) is 0 Å². The standard InChI is InChI=1S/C20H27N3O3S2/c1-3-22(4-2)11-12-23(17-10-13-28(25,26)15-17)20(24)18-14-21-19(27-18)16-8-6-5-7-9-16/h5-9,14,17H,3-4,10-13,15H2,1-2H3. The molecule has 0 radical (unpaired) electrons. The van der Waals surface area contributed by atoms with Crippen molar-refractivity contribution in [3.63, 3.8) is 0 Å². The van der Waals surface area contributed by atoms with Crippen LogP contribution in [0.4, 0.5) is 0 Å². The lowest BCUT2D eigenvalue weighted by atomic mass is 10.2. The van der Waals surface area contributed by atoms with E-state index in [-0.39, 0.29) is 23.5 Å². The van der Waals surface area contributed by atoms with Crippen molar-refractivity contribution in [1.29, 1.82) is 0 Å². The molecule has 1 aromatic carbocycles. The zero-order valence-electron chi connectivity index (χ0n) is 16.4. The lowest BCUT2D eigenvalue weighted by Crippen LogP contribution is -2.45. The van der Waals surface area contributed by atoms with Crippen molar-refractivity contribution >= 4 is 27.1 Å². The minimum absolute atomic E-state index is 0.0569. The van der Waals surface area contributed by atoms with Gasteiger partial charge in [0.05, 0.1) is 17.7 Å². The van der Waals surface area contributed by atoms with E-state index in [0.717, 1.165) is 30.2 Å². The van der Waals surface area contributed by atoms with Crippen molar-refractivity contribution in [3.05, 3.63) is 41.4 Å². The van der Waals surface area contributed by atoms with Gasteiger partial charge in [0.1, 0.15) is 9.88 Å². The van der Waals surface area contributed by atoms with Crippen molar-refractivity contribution in [2.75, 3.05) is 37.7 Å². The van der Waals surface area contributed by atoms with Crippen LogP contribution < -0.4 is 0 Å². The Labute approximate surface area is 171 Å². The number of carbonyl (C=O) groups excluding carboxylic acids is 1. The molecule has 6 nitrogen and oxygen atoms in total. The Hall–Kier alpha value is -1.77. The van der Waals surface area contributed by atoms with E-state index in [1.807, 2.05) is 30.3 Å². The van der Waals surface area contributed by atoms with Gasteiger partial charge in [-0.15, -0.1) is 11.3 Å². The minimum atomic E-state index is -3.06. The molecule has 1 aromatic heterocycles. The first-order valence-electron chi connectivity index (χ1n) is 9.68. The average Bonchev–Trinajstić information content (AvgIpc) is 3.32. The van der Waals surface area contributed by atoms with E-state index in [0.29, 0.717) is 17.8 Å². The zero-order valence-corrected chi connectivity index (χ0v) is 18.0. The second-order valence-electron chi connectivity index (χ2n) is 6.98. The Bertz CT molecular complexity index is 892. The van der Waals surface area contributed by atoms with Crippen LogP contribution in [0, 0.1) is 0 Å². The summed E-state index contributed by atoms with van der Waals surface area (Å²) in [7, 11) is -3.06. The van der Waals surface area contributed by atoms with Crippen molar-refractivity contribution in [2.45, 2.75) is 26.3 Å². The molecule has 152 valence electrons. The summed E-state index contributed by atoms with van der Waals surface area (Å²) in [4.78, 5) is 22.2. The lowest BCUT2D eigenvalue weighted by Gasteiger charge is -2.30. The van der Waals surface area contributed by atoms with Crippen molar-refractivity contribution < 1.29 is 13.2 Å². The number of hydrogen-bond acceptors (Lipinski definition) is 6. The highest BCUT2D eigenvalue weighted by atomic mass is 32.2. The molecule has 0 aliphatic carbocycles. The van der Waals surface area contributed by atoms with Gasteiger partial charge in [0, 0.05) is 24.7 Å². The maximum Gasteiger partial charge on any atom is 0.265 e. The average molecular weight is 422 g/mol. The number of hydrogen-bond donors (Lipinski definition) is 0. The fourth-order valence-corrected chi connectivity index (χ4v) is 6.10. The molecule has 8 heteroatoms. The Balaban J connectivity index is 1.81. The van der Waals surface area contributed by atoms with E-state index in [2.05, 4.69) is 23.7 Å². The molecule has 28 heavy (non-hydrogen) atoms. The third-order valence-electron chi connectivity index (χ3n) is 5.20. The van der Waals surface area contributed by atoms with Gasteiger partial charge >= 0.3 is 0 Å². The first kappa shape index (κ1) is 21.0. The molecule has 3 rings (SSSR count). The number of thiazole rings is 1. The molecule has 1 aliphatic rings. The Kier molecular flexibility index (Phi) is 6.85. The molecule has 0 N–H and O–H groups in total. The summed E-state index contributed by atoms with van der Waals surface area (Å²) in [5, 5.41) is 0.798. The van der Waals surface area contributed by atoms with Crippen LogP contribution in [0.5, 0.6) is 0 Å². The van der Waals surface area contributed by atoms with Gasteiger partial charge in [-0.2, -0.15) is 0 Å². The summed E-state index contributed by atoms with van der Waals surface area (Å²) in [6.07, 6.45) is 2.12. The van der Waals surface area contributed by atoms with E-state index >= 15 is 0 Å². The van der Waals surface area contributed by atoms with Crippen LogP contribution in [0.2, 0.25) is 0 Å². The largest absolute Gasteiger partial charge is 0.333 e. The fraction of sp³-hybridized carbons (Fsp3) is 0.500. The second-order valence-corrected chi connectivity index (χ2v) is 10.2. The van der Waals surface area contributed by atoms with Gasteiger partial charge in [-0.05, 0) is 19.5 Å². The third kappa shape index (κ3) is 4.98. The number of sulfone groups is 1. The van der Waals surface area contributed by atoms with Crippen molar-refractivity contribution in [2.24, 2.45) is 0 Å². The van der Waals surface area contributed by atoms with Crippen LogP contribution in [0.15, 0.2) is 36.5 Å². The first-order valence-corrected chi connectivity index (χ1v) is 12.3. The lowest BCUT2D eigenvalue weighted by molar-refractivity contribution is 0.0679. The first-order chi connectivity index (χ1) is 13.4. The predicted molar refractivity (Wildman–Crippen MR) is 113 cm³/mol. The molecular formula is C20H27N3O3S2. The molecule has 0 spiro atoms. The number of likely N-dealkylation sites (N-methyl/N-ethyl adjacent to an activating group) is 1. The number of carbonyl (C=O) groups is 1. The molecular weight excluding hydrogens is 394 g/mol. The van der Waals surface area contributed by atoms with Gasteiger partial charge in [0.2, 0.25) is 0 Å². The maximum absolute atomic E-state index is 13.3. The van der Waals surface area contributed by atoms with Gasteiger partial charge < -0.3 is 9.80 Å². The summed E-state index contributed by atoms with van der Waals surface area (Å²) >= 11 is 1.36. The topological polar surface area (TPSA) is 70.6 Å². The summed E-state index contributed by atoms with van der Waals surface area (Å²) < 4.78 is 24.0. The number of aromatic nitrogens is 1. The molecule has 1 amide bonds. The summed E-state index contributed by atoms with van der Waals surface area (Å²) in [5.74, 6) is 0.0976. The number of amides is 1. The monoisotopic (exact) mass is 421 g/mol. The zero-order chi connectivity index (χ0) is 20.1. The van der Waals surface area contributed by atoms with E-state index < -0.39 is 9.84 Å². The smallest absolute Gasteiger partial charge is 0.265 e. The number of nitrogens with zero attached hydrogens (tertiary/aromatic N) is 3. The Morgan fingerprint density at radius 3 is 2.50 bits per heavy atom. The van der Waals surface area contributed by atoms with Crippen LogP contribution in [0.3, 0.4) is 0 Å². The van der Waals surface area contributed by atoms with E-state index in [1.54, 1.807) is 11.1 Å². The van der Waals surface area contributed by atoms with Crippen LogP contribution in [0.1, 0.15) is 29.9 Å². The van der Waals surface area contributed by atoms with Crippen LogP contribution in [0.25, 0.3) is 10.6 Å². The molecule has 0 saturated carbocycles. The minimum Gasteiger partial charge on any atom is -0.333 e. The molecule has 1 atom stereocenters. The number of benzene rings is 1. The highest BCUT2D eigenvalue weighted by Crippen LogP contribution is 2.27. The Morgan fingerprint density at radius 1 is 1.18 bits per heavy atom. The predicted octanol–water partition coefficient (Wildman–Crippen LogP) is 2.78. The summed E-state index contributed by atoms with van der Waals surface area (Å²) in [5.41, 5.74) is 0.977. The highest BCUT2D eigenvalue weighted by molar-refractivity contribution is 7.91. The van der Waals surface area contributed by atoms with Gasteiger partial charge in [-0.1, -0.05) is 44.2 Å². The molecule has 1 saturated heterocycles. The van der Waals surface area contributed by atoms with Gasteiger partial charge in [0.15, 0.2) is 9.84 Å². The molecule has 1 aliphatic heterocycles. The quantitative estimate of drug-likeness (QED) is 0.655. The van der Waals surface area contributed by atoms with Gasteiger partial charge in [-0.3, -0.25) is 4.79 Å². The van der Waals surface area contributed by atoms with Crippen LogP contribution >= 0.6 is 11.3 Å². The van der Waals surface area contributed by atoms with E-state index in [9.17, 15) is 13.2 Å². The number of rotatable bonds is 8. The second kappa shape index (κ2) is 9.15. The normalized spacial score (nSPS) is 18.5. The molecule has 2 aromatic rings. The van der Waals surface area contributed by atoms with Gasteiger partial charge in [-0.25, -0.2) is 13.4 Å². The summed E-state index contributed by atoms with van der Waals surface area (Å²) in [6, 6.07) is 9.51. The SMILES string of the molecule is CCN(CC)CCN(C(=O)c1cnc(-c2ccccc2)s1)C1CCS(=O)(=O)C1. The summed E-state index contributed by atoms with van der Waals surface area (Å²) in [6.45, 7) is 7.25. The fourth-order valence-electron chi connectivity index (χ4n) is 3.49. The van der Waals surface area contributed by atoms with Crippen molar-refractivity contribution in [1.82, 2.24) is 14.8 Å². The molecule has 1 unspecified atom stereocenters. The molecule has 0 bridgehead atoms. The van der Waals surface area contributed by atoms with Crippen LogP contribution in [-0.2, 0) is 9.84 Å². The highest BCUT2D eigenvalue weighted by Gasteiger charge is 2.35. The maximum atomic E-state index is 13.3. The van der Waals surface area contributed by atoms with E-state index in [1.165, 1.54) is 11.3 Å². The molecule has 1 fully saturated rings. The molecule has 2 heterocycles. The van der Waals surface area contributed by atoms with Gasteiger partial charge in [0.25, 0.3) is 5.91 Å².